The van der Waals surface area contributed by atoms with Gasteiger partial charge in [-0.15, -0.1) is 6.58 Å². The van der Waals surface area contributed by atoms with E-state index in [2.05, 4.69) is 6.58 Å². The fourth-order valence-electron chi connectivity index (χ4n) is 6.57. The molecule has 12 nitrogen and oxygen atoms in total. The molecule has 228 valence electrons. The highest BCUT2D eigenvalue weighted by Gasteiger charge is 2.64. The summed E-state index contributed by atoms with van der Waals surface area (Å²) in [6, 6.07) is 0.629. The minimum atomic E-state index is -2.65. The molecular formula is C30H39N3O9. The Labute approximate surface area is 244 Å². The van der Waals surface area contributed by atoms with Gasteiger partial charge in [-0.2, -0.15) is 0 Å². The number of likely N-dealkylation sites (N-methyl/N-ethyl adjacent to an activating group) is 1. The second-order valence-corrected chi connectivity index (χ2v) is 11.5. The van der Waals surface area contributed by atoms with E-state index in [1.54, 1.807) is 45.2 Å². The summed E-state index contributed by atoms with van der Waals surface area (Å²) in [5.41, 5.74) is 3.59. The van der Waals surface area contributed by atoms with Crippen LogP contribution in [0.3, 0.4) is 0 Å². The third-order valence-corrected chi connectivity index (χ3v) is 8.53. The molecule has 0 amide bonds. The predicted octanol–water partition coefficient (Wildman–Crippen LogP) is 0.874. The Morgan fingerprint density at radius 3 is 2.48 bits per heavy atom. The summed E-state index contributed by atoms with van der Waals surface area (Å²) in [5.74, 6) is -5.90. The third-order valence-electron chi connectivity index (χ3n) is 8.53. The highest BCUT2D eigenvalue weighted by Crippen LogP contribution is 2.54. The largest absolute Gasteiger partial charge is 0.508 e. The first-order valence-electron chi connectivity index (χ1n) is 13.8. The van der Waals surface area contributed by atoms with Gasteiger partial charge in [0, 0.05) is 37.7 Å². The minimum absolute atomic E-state index is 0.00327. The number of nitrogens with zero attached hydrogens (tertiary/aromatic N) is 2. The maximum atomic E-state index is 14.1. The molecule has 1 unspecified atom stereocenters. The minimum Gasteiger partial charge on any atom is -0.508 e. The lowest BCUT2D eigenvalue weighted by atomic mass is 9.57. The average Bonchev–Trinajstić information content (AvgIpc) is 2.89. The van der Waals surface area contributed by atoms with Gasteiger partial charge in [0.2, 0.25) is 5.78 Å². The second-order valence-electron chi connectivity index (χ2n) is 11.5. The number of rotatable bonds is 9. The summed E-state index contributed by atoms with van der Waals surface area (Å²) in [7, 11) is 6.72. The molecule has 1 fully saturated rings. The summed E-state index contributed by atoms with van der Waals surface area (Å²) in [4.78, 5) is 42.9. The number of ether oxygens (including phenoxy) is 1. The molecule has 7 N–H and O–H groups in total. The molecule has 1 aromatic carbocycles. The number of Topliss-reactive ketones (excluding diaryl/α,β-unsaturated/α-hetero) is 2. The number of anilines is 1. The van der Waals surface area contributed by atoms with E-state index in [0.29, 0.717) is 23.2 Å². The van der Waals surface area contributed by atoms with E-state index in [1.807, 2.05) is 0 Å². The second kappa shape index (κ2) is 11.5. The zero-order chi connectivity index (χ0) is 31.3. The SMILES string of the molecule is C=CCCOC(=O)CCc1cc(N(C)C)c2c(c1O)C(O)=C1C(=O)[C@]3(O)C(O)=C(C(N)O)C(=O)[C@@H](N(C)C)[C@@H]3C[C@@H]1C2. The van der Waals surface area contributed by atoms with Gasteiger partial charge in [-0.25, -0.2) is 0 Å². The van der Waals surface area contributed by atoms with Gasteiger partial charge in [-0.1, -0.05) is 6.08 Å². The zero-order valence-corrected chi connectivity index (χ0v) is 24.3. The Balaban J connectivity index is 1.85. The van der Waals surface area contributed by atoms with Gasteiger partial charge in [-0.3, -0.25) is 19.3 Å². The number of phenols is 1. The van der Waals surface area contributed by atoms with E-state index < -0.39 is 64.3 Å². The van der Waals surface area contributed by atoms with Gasteiger partial charge >= 0.3 is 5.97 Å². The van der Waals surface area contributed by atoms with Crippen LogP contribution >= 0.6 is 0 Å². The summed E-state index contributed by atoms with van der Waals surface area (Å²) < 4.78 is 5.15. The molecule has 0 saturated heterocycles. The number of benzene rings is 1. The first-order chi connectivity index (χ1) is 19.7. The third kappa shape index (κ3) is 4.87. The van der Waals surface area contributed by atoms with Crippen molar-refractivity contribution in [2.24, 2.45) is 17.6 Å². The molecule has 42 heavy (non-hydrogen) atoms. The van der Waals surface area contributed by atoms with Crippen LogP contribution in [-0.2, 0) is 32.0 Å². The van der Waals surface area contributed by atoms with Crippen molar-refractivity contribution >= 4 is 29.0 Å². The quantitative estimate of drug-likeness (QED) is 0.104. The summed E-state index contributed by atoms with van der Waals surface area (Å²) in [5, 5.41) is 55.8. The van der Waals surface area contributed by atoms with Gasteiger partial charge < -0.3 is 40.9 Å². The Bertz CT molecular complexity index is 1390. The predicted molar refractivity (Wildman–Crippen MR) is 154 cm³/mol. The van der Waals surface area contributed by atoms with Crippen LogP contribution in [-0.4, -0.2) is 101 Å². The lowest BCUT2D eigenvalue weighted by Crippen LogP contribution is -2.66. The highest BCUT2D eigenvalue weighted by atomic mass is 16.5. The molecule has 0 aromatic heterocycles. The van der Waals surface area contributed by atoms with E-state index in [1.165, 1.54) is 4.90 Å². The maximum absolute atomic E-state index is 14.1. The number of nitrogens with two attached hydrogens (primary N) is 1. The topological polar surface area (TPSA) is 194 Å². The normalized spacial score (nSPS) is 26.0. The van der Waals surface area contributed by atoms with E-state index in [4.69, 9.17) is 10.5 Å². The van der Waals surface area contributed by atoms with E-state index in [9.17, 15) is 39.9 Å². The molecular weight excluding hydrogens is 546 g/mol. The number of hydrogen-bond acceptors (Lipinski definition) is 12. The number of carbonyl (C=O) groups is 3. The van der Waals surface area contributed by atoms with Gasteiger partial charge in [0.25, 0.3) is 0 Å². The molecule has 5 atom stereocenters. The van der Waals surface area contributed by atoms with Gasteiger partial charge in [-0.05, 0) is 62.9 Å². The van der Waals surface area contributed by atoms with Gasteiger partial charge in [0.05, 0.1) is 23.8 Å². The standard InChI is InChI=1S/C30H39N3O9/c1-6-7-10-42-19(34)9-8-14-13-18(32(2)3)16-11-15-12-17-23(33(4)5)26(37)22(29(31)40)28(39)30(17,41)27(38)20(15)25(36)21(16)24(14)35/h6,13,15,17,23,29,35-36,39-41H,1,7-12,31H2,2-5H3/t15-,17-,23-,29?,30-/m0/s1. The number of fused-ring (bicyclic) bond motifs is 3. The van der Waals surface area contributed by atoms with E-state index in [0.717, 1.165) is 0 Å². The van der Waals surface area contributed by atoms with Crippen molar-refractivity contribution in [3.63, 3.8) is 0 Å². The number of hydrogen-bond donors (Lipinski definition) is 6. The van der Waals surface area contributed by atoms with Crippen LogP contribution in [0.15, 0.2) is 35.6 Å². The lowest BCUT2D eigenvalue weighted by molar-refractivity contribution is -0.154. The number of aromatic hydroxyl groups is 1. The number of phenolic OH excluding ortho intramolecular Hbond substituents is 1. The monoisotopic (exact) mass is 585 g/mol. The van der Waals surface area contributed by atoms with Crippen LogP contribution < -0.4 is 10.6 Å². The molecule has 0 radical (unpaired) electrons. The van der Waals surface area contributed by atoms with Crippen LogP contribution in [0, 0.1) is 11.8 Å². The number of ketones is 2. The smallest absolute Gasteiger partial charge is 0.306 e. The van der Waals surface area contributed by atoms with Crippen LogP contribution in [0.2, 0.25) is 0 Å². The Hall–Kier alpha value is -3.71. The van der Waals surface area contributed by atoms with Crippen molar-refractivity contribution in [2.75, 3.05) is 39.7 Å². The number of carbonyl (C=O) groups excluding carboxylic acids is 3. The summed E-state index contributed by atoms with van der Waals surface area (Å²) >= 11 is 0. The van der Waals surface area contributed by atoms with Crippen molar-refractivity contribution in [1.29, 1.82) is 0 Å². The molecule has 0 spiro atoms. The molecule has 3 aliphatic rings. The Morgan fingerprint density at radius 2 is 1.90 bits per heavy atom. The molecule has 0 aliphatic heterocycles. The average molecular weight is 586 g/mol. The first-order valence-corrected chi connectivity index (χ1v) is 13.8. The van der Waals surface area contributed by atoms with Crippen LogP contribution in [0.25, 0.3) is 5.76 Å². The molecule has 12 heteroatoms. The number of aryl methyl sites for hydroxylation is 1. The summed E-state index contributed by atoms with van der Waals surface area (Å²) in [6.07, 6.45) is 0.434. The van der Waals surface area contributed by atoms with Crippen LogP contribution in [0.1, 0.15) is 36.0 Å². The molecule has 4 rings (SSSR count). The zero-order valence-electron chi connectivity index (χ0n) is 24.3. The molecule has 3 aliphatic carbocycles. The lowest BCUT2D eigenvalue weighted by Gasteiger charge is -2.50. The van der Waals surface area contributed by atoms with Crippen molar-refractivity contribution in [3.8, 4) is 5.75 Å². The number of aliphatic hydroxyl groups is 4. The Morgan fingerprint density at radius 1 is 1.24 bits per heavy atom. The fraction of sp³-hybridized carbons (Fsp3) is 0.500. The van der Waals surface area contributed by atoms with Crippen molar-refractivity contribution < 1.29 is 44.7 Å². The summed E-state index contributed by atoms with van der Waals surface area (Å²) in [6.45, 7) is 3.77. The van der Waals surface area contributed by atoms with E-state index >= 15 is 0 Å². The van der Waals surface area contributed by atoms with Crippen molar-refractivity contribution in [3.05, 3.63) is 52.3 Å². The highest BCUT2D eigenvalue weighted by molar-refractivity contribution is 6.14. The van der Waals surface area contributed by atoms with Gasteiger partial charge in [0.15, 0.2) is 11.4 Å². The van der Waals surface area contributed by atoms with Gasteiger partial charge in [0.1, 0.15) is 23.5 Å². The molecule has 0 heterocycles. The first kappa shape index (κ1) is 31.2. The molecule has 1 saturated carbocycles. The number of esters is 1. The fourth-order valence-corrected chi connectivity index (χ4v) is 6.57. The van der Waals surface area contributed by atoms with E-state index in [-0.39, 0.29) is 49.2 Å². The molecule has 1 aromatic rings. The molecule has 0 bridgehead atoms. The number of aliphatic hydroxyl groups excluding tert-OH is 3. The maximum Gasteiger partial charge on any atom is 0.306 e. The Kier molecular flexibility index (Phi) is 8.57. The van der Waals surface area contributed by atoms with Crippen molar-refractivity contribution in [2.45, 2.75) is 50.0 Å². The van der Waals surface area contributed by atoms with Crippen LogP contribution in [0.5, 0.6) is 5.75 Å². The van der Waals surface area contributed by atoms with Crippen molar-refractivity contribution in [1.82, 2.24) is 4.90 Å². The van der Waals surface area contributed by atoms with Crippen LogP contribution in [0.4, 0.5) is 5.69 Å².